The van der Waals surface area contributed by atoms with E-state index in [2.05, 4.69) is 27.1 Å². The zero-order valence-corrected chi connectivity index (χ0v) is 21.3. The van der Waals surface area contributed by atoms with Gasteiger partial charge in [0.05, 0.1) is 5.02 Å². The largest absolute Gasteiger partial charge is 0.462 e. The van der Waals surface area contributed by atoms with Crippen molar-refractivity contribution in [3.63, 3.8) is 0 Å². The molecule has 0 radical (unpaired) electrons. The van der Waals surface area contributed by atoms with E-state index in [1.807, 2.05) is 0 Å². The highest BCUT2D eigenvalue weighted by Crippen LogP contribution is 2.41. The molecule has 4 heterocycles. The summed E-state index contributed by atoms with van der Waals surface area (Å²) in [5.74, 6) is -0.565. The average molecular weight is 514 g/mol. The van der Waals surface area contributed by atoms with Crippen LogP contribution in [0.4, 0.5) is 14.6 Å². The molecule has 1 aromatic heterocycles. The maximum Gasteiger partial charge on any atom is 0.319 e. The Morgan fingerprint density at radius 3 is 2.58 bits per heavy atom. The summed E-state index contributed by atoms with van der Waals surface area (Å²) >= 11 is 6.64. The third-order valence-corrected chi connectivity index (χ3v) is 8.20. The van der Waals surface area contributed by atoms with Gasteiger partial charge < -0.3 is 19.9 Å². The molecule has 2 aromatic carbocycles. The van der Waals surface area contributed by atoms with E-state index in [-0.39, 0.29) is 33.7 Å². The van der Waals surface area contributed by atoms with Crippen LogP contribution in [-0.2, 0) is 0 Å². The molecule has 3 fully saturated rings. The Morgan fingerprint density at radius 2 is 1.89 bits per heavy atom. The van der Waals surface area contributed by atoms with Gasteiger partial charge in [-0.1, -0.05) is 23.7 Å². The molecule has 0 saturated carbocycles. The molecule has 0 spiro atoms. The van der Waals surface area contributed by atoms with Crippen LogP contribution in [0.2, 0.25) is 5.02 Å². The number of nitrogens with zero attached hydrogens (tertiary/aromatic N) is 4. The number of ether oxygens (including phenoxy) is 1. The number of aryl methyl sites for hydroxylation is 1. The number of benzene rings is 2. The number of hydrogen-bond acceptors (Lipinski definition) is 6. The van der Waals surface area contributed by atoms with Crippen molar-refractivity contribution in [2.24, 2.45) is 0 Å². The molecule has 3 atom stereocenters. The van der Waals surface area contributed by atoms with E-state index in [9.17, 15) is 4.39 Å². The predicted molar refractivity (Wildman–Crippen MR) is 138 cm³/mol. The molecule has 2 unspecified atom stereocenters. The van der Waals surface area contributed by atoms with Gasteiger partial charge in [-0.2, -0.15) is 9.97 Å². The van der Waals surface area contributed by atoms with Crippen molar-refractivity contribution in [2.75, 3.05) is 38.2 Å². The van der Waals surface area contributed by atoms with E-state index in [0.717, 1.165) is 45.3 Å². The van der Waals surface area contributed by atoms with Crippen molar-refractivity contribution < 1.29 is 13.5 Å². The van der Waals surface area contributed by atoms with Gasteiger partial charge in [-0.25, -0.2) is 8.78 Å². The van der Waals surface area contributed by atoms with Gasteiger partial charge >= 0.3 is 6.01 Å². The highest BCUT2D eigenvalue weighted by Gasteiger charge is 2.34. The number of fused-ring (bicyclic) bond motifs is 3. The molecule has 1 N–H and O–H groups in total. The molecule has 3 aromatic rings. The van der Waals surface area contributed by atoms with E-state index < -0.39 is 11.6 Å². The number of likely N-dealkylation sites (tertiary alicyclic amines) is 1. The zero-order valence-electron chi connectivity index (χ0n) is 20.5. The second-order valence-electron chi connectivity index (χ2n) is 10.3. The van der Waals surface area contributed by atoms with Crippen LogP contribution in [0.3, 0.4) is 0 Å². The molecule has 9 heteroatoms. The number of anilines is 1. The summed E-state index contributed by atoms with van der Waals surface area (Å²) in [6, 6.07) is 7.48. The van der Waals surface area contributed by atoms with Gasteiger partial charge in [0.15, 0.2) is 5.82 Å². The monoisotopic (exact) mass is 513 g/mol. The lowest BCUT2D eigenvalue weighted by Crippen LogP contribution is -2.51. The number of rotatable bonds is 5. The molecular formula is C27H30ClF2N5O. The van der Waals surface area contributed by atoms with Crippen LogP contribution < -0.4 is 15.0 Å². The summed E-state index contributed by atoms with van der Waals surface area (Å²) in [4.78, 5) is 13.7. The van der Waals surface area contributed by atoms with E-state index in [1.165, 1.54) is 6.07 Å². The van der Waals surface area contributed by atoms with Gasteiger partial charge in [-0.15, -0.1) is 0 Å². The van der Waals surface area contributed by atoms with Gasteiger partial charge in [0.1, 0.15) is 23.8 Å². The van der Waals surface area contributed by atoms with Gasteiger partial charge in [0.25, 0.3) is 0 Å². The SMILES string of the molecule is Cc1cccc(F)c1-c1c(Cl)cc2c(N3CC4CCC(C3)N4)nc(OC[C@@H]3CCCN3C)nc2c1F. The molecule has 0 amide bonds. The fraction of sp³-hybridized carbons (Fsp3) is 0.481. The normalized spacial score (nSPS) is 24.1. The fourth-order valence-electron chi connectivity index (χ4n) is 5.97. The standard InChI is InChI=1S/C27H30ClF2N5O/c1-15-5-3-7-21(29)22(15)23-20(28)11-19-25(24(23)30)32-27(36-14-18-6-4-10-34(18)2)33-26(19)35-12-16-8-9-17(13-35)31-16/h3,5,7,11,16-18,31H,4,6,8-10,12-14H2,1-2H3/t16?,17?,18-/m0/s1. The number of hydrogen-bond donors (Lipinski definition) is 1. The quantitative estimate of drug-likeness (QED) is 0.521. The lowest BCUT2D eigenvalue weighted by atomic mass is 9.97. The van der Waals surface area contributed by atoms with Crippen LogP contribution in [0.1, 0.15) is 31.2 Å². The highest BCUT2D eigenvalue weighted by atomic mass is 35.5. The van der Waals surface area contributed by atoms with Crippen LogP contribution in [0, 0.1) is 18.6 Å². The molecular weight excluding hydrogens is 484 g/mol. The lowest BCUT2D eigenvalue weighted by molar-refractivity contribution is 0.188. The van der Waals surface area contributed by atoms with Crippen LogP contribution in [0.5, 0.6) is 6.01 Å². The number of halogens is 3. The van der Waals surface area contributed by atoms with Gasteiger partial charge in [0.2, 0.25) is 0 Å². The second-order valence-corrected chi connectivity index (χ2v) is 10.7. The van der Waals surface area contributed by atoms with Crippen molar-refractivity contribution in [3.8, 4) is 17.1 Å². The molecule has 3 saturated heterocycles. The highest BCUT2D eigenvalue weighted by molar-refractivity contribution is 6.34. The van der Waals surface area contributed by atoms with Crippen molar-refractivity contribution >= 4 is 28.3 Å². The molecule has 3 aliphatic rings. The zero-order chi connectivity index (χ0) is 25.0. The number of aromatic nitrogens is 2. The number of nitrogens with one attached hydrogen (secondary N) is 1. The molecule has 2 bridgehead atoms. The maximum atomic E-state index is 16.2. The second kappa shape index (κ2) is 9.39. The minimum Gasteiger partial charge on any atom is -0.462 e. The summed E-state index contributed by atoms with van der Waals surface area (Å²) in [6.07, 6.45) is 4.37. The summed E-state index contributed by atoms with van der Waals surface area (Å²) in [5, 5.41) is 4.27. The first-order chi connectivity index (χ1) is 17.4. The van der Waals surface area contributed by atoms with Gasteiger partial charge in [0, 0.05) is 47.7 Å². The van der Waals surface area contributed by atoms with Crippen LogP contribution in [0.15, 0.2) is 24.3 Å². The van der Waals surface area contributed by atoms with Gasteiger partial charge in [-0.05, 0) is 63.9 Å². The Morgan fingerprint density at radius 1 is 1.11 bits per heavy atom. The van der Waals surface area contributed by atoms with E-state index in [0.29, 0.717) is 35.5 Å². The molecule has 3 aliphatic heterocycles. The first-order valence-electron chi connectivity index (χ1n) is 12.7. The summed E-state index contributed by atoms with van der Waals surface area (Å²) in [7, 11) is 2.08. The Hall–Kier alpha value is -2.55. The molecule has 6 nitrogen and oxygen atoms in total. The Kier molecular flexibility index (Phi) is 6.22. The molecule has 36 heavy (non-hydrogen) atoms. The van der Waals surface area contributed by atoms with E-state index >= 15 is 4.39 Å². The Bertz CT molecular complexity index is 1290. The van der Waals surface area contributed by atoms with E-state index in [1.54, 1.807) is 25.1 Å². The van der Waals surface area contributed by atoms with Crippen LogP contribution >= 0.6 is 11.6 Å². The minimum absolute atomic E-state index is 0.0197. The smallest absolute Gasteiger partial charge is 0.319 e. The Labute approximate surface area is 214 Å². The Balaban J connectivity index is 1.48. The van der Waals surface area contributed by atoms with Crippen molar-refractivity contribution in [3.05, 3.63) is 46.5 Å². The van der Waals surface area contributed by atoms with Gasteiger partial charge in [-0.3, -0.25) is 0 Å². The summed E-state index contributed by atoms with van der Waals surface area (Å²) < 4.78 is 37.2. The predicted octanol–water partition coefficient (Wildman–Crippen LogP) is 4.95. The number of piperazine rings is 1. The van der Waals surface area contributed by atoms with Crippen LogP contribution in [-0.4, -0.2) is 66.3 Å². The molecule has 0 aliphatic carbocycles. The first-order valence-corrected chi connectivity index (χ1v) is 13.1. The molecule has 6 rings (SSSR count). The summed E-state index contributed by atoms with van der Waals surface area (Å²) in [5.41, 5.74) is 0.871. The minimum atomic E-state index is -0.657. The third-order valence-electron chi connectivity index (χ3n) is 7.91. The molecule has 190 valence electrons. The number of likely N-dealkylation sites (N-methyl/N-ethyl adjacent to an activating group) is 1. The lowest BCUT2D eigenvalue weighted by Gasteiger charge is -2.34. The van der Waals surface area contributed by atoms with Crippen LogP contribution in [0.25, 0.3) is 22.0 Å². The fourth-order valence-corrected chi connectivity index (χ4v) is 6.26. The maximum absolute atomic E-state index is 16.2. The van der Waals surface area contributed by atoms with Crippen molar-refractivity contribution in [1.82, 2.24) is 20.2 Å². The van der Waals surface area contributed by atoms with Crippen molar-refractivity contribution in [1.29, 1.82) is 0 Å². The topological polar surface area (TPSA) is 53.5 Å². The average Bonchev–Trinajstić information content (AvgIpc) is 3.42. The summed E-state index contributed by atoms with van der Waals surface area (Å²) in [6.45, 7) is 4.73. The first kappa shape index (κ1) is 23.8. The third kappa shape index (κ3) is 4.19. The van der Waals surface area contributed by atoms with Crippen molar-refractivity contribution in [2.45, 2.75) is 50.7 Å². The van der Waals surface area contributed by atoms with E-state index in [4.69, 9.17) is 21.3 Å².